The summed E-state index contributed by atoms with van der Waals surface area (Å²) in [6, 6.07) is 6.57. The van der Waals surface area contributed by atoms with Gasteiger partial charge in [-0.1, -0.05) is 19.3 Å². The molecule has 2 heterocycles. The highest BCUT2D eigenvalue weighted by Crippen LogP contribution is 2.41. The molecule has 1 aliphatic heterocycles. The third-order valence-electron chi connectivity index (χ3n) is 6.15. The topological polar surface area (TPSA) is 67.2 Å². The molecule has 1 aromatic carbocycles. The molecule has 2 aliphatic rings. The zero-order valence-electron chi connectivity index (χ0n) is 16.1. The minimum Gasteiger partial charge on any atom is -0.368 e. The van der Waals surface area contributed by atoms with Gasteiger partial charge in [0.2, 0.25) is 5.91 Å². The van der Waals surface area contributed by atoms with Crippen LogP contribution in [0.3, 0.4) is 0 Å². The first-order valence-corrected chi connectivity index (χ1v) is 10.1. The number of benzene rings is 1. The molecule has 150 valence electrons. The van der Waals surface area contributed by atoms with Crippen LogP contribution in [0.1, 0.15) is 38.5 Å². The van der Waals surface area contributed by atoms with Gasteiger partial charge in [-0.15, -0.1) is 5.10 Å². The Balaban J connectivity index is 1.36. The fourth-order valence-electron chi connectivity index (χ4n) is 4.59. The van der Waals surface area contributed by atoms with Crippen molar-refractivity contribution in [1.82, 2.24) is 25.1 Å². The molecule has 1 aromatic heterocycles. The molecule has 0 spiro atoms. The number of aromatic nitrogens is 4. The highest BCUT2D eigenvalue weighted by molar-refractivity contribution is 5.77. The largest absolute Gasteiger partial charge is 0.368 e. The molecular formula is C20H27FN6O. The zero-order valence-corrected chi connectivity index (χ0v) is 16.1. The zero-order chi connectivity index (χ0) is 19.4. The molecule has 1 saturated heterocycles. The quantitative estimate of drug-likeness (QED) is 0.790. The first kappa shape index (κ1) is 18.8. The van der Waals surface area contributed by atoms with Crippen LogP contribution in [-0.2, 0) is 11.3 Å². The van der Waals surface area contributed by atoms with Crippen LogP contribution in [0.5, 0.6) is 0 Å². The minimum atomic E-state index is -0.224. The average Bonchev–Trinajstić information content (AvgIpc) is 3.22. The molecule has 2 fully saturated rings. The van der Waals surface area contributed by atoms with E-state index in [1.165, 1.54) is 18.6 Å². The summed E-state index contributed by atoms with van der Waals surface area (Å²) >= 11 is 0. The van der Waals surface area contributed by atoms with Crippen LogP contribution in [0, 0.1) is 11.2 Å². The number of rotatable bonds is 5. The van der Waals surface area contributed by atoms with E-state index in [2.05, 4.69) is 20.4 Å². The Morgan fingerprint density at radius 3 is 2.39 bits per heavy atom. The summed E-state index contributed by atoms with van der Waals surface area (Å²) in [4.78, 5) is 17.3. The van der Waals surface area contributed by atoms with Gasteiger partial charge >= 0.3 is 0 Å². The average molecular weight is 386 g/mol. The number of tetrazole rings is 1. The Hall–Kier alpha value is -2.51. The van der Waals surface area contributed by atoms with Crippen LogP contribution >= 0.6 is 0 Å². The maximum absolute atomic E-state index is 13.1. The van der Waals surface area contributed by atoms with E-state index >= 15 is 0 Å². The van der Waals surface area contributed by atoms with Crippen molar-refractivity contribution in [1.29, 1.82) is 0 Å². The normalized spacial score (nSPS) is 19.6. The van der Waals surface area contributed by atoms with E-state index in [1.807, 2.05) is 4.90 Å². The van der Waals surface area contributed by atoms with E-state index in [1.54, 1.807) is 23.1 Å². The number of anilines is 1. The molecule has 1 amide bonds. The summed E-state index contributed by atoms with van der Waals surface area (Å²) in [5.74, 6) is 0.00616. The van der Waals surface area contributed by atoms with Crippen LogP contribution in [0.4, 0.5) is 10.1 Å². The first-order chi connectivity index (χ1) is 13.6. The molecule has 0 N–H and O–H groups in total. The van der Waals surface area contributed by atoms with E-state index in [-0.39, 0.29) is 17.1 Å². The number of carbonyl (C=O) groups excluding carboxylic acids is 1. The molecule has 1 saturated carbocycles. The molecule has 0 bridgehead atoms. The number of hydrogen-bond acceptors (Lipinski definition) is 5. The third kappa shape index (κ3) is 4.31. The maximum Gasteiger partial charge on any atom is 0.223 e. The summed E-state index contributed by atoms with van der Waals surface area (Å²) in [7, 11) is 0. The van der Waals surface area contributed by atoms with Crippen LogP contribution < -0.4 is 4.90 Å². The molecule has 0 unspecified atom stereocenters. The predicted octanol–water partition coefficient (Wildman–Crippen LogP) is 2.50. The Kier molecular flexibility index (Phi) is 5.54. The second-order valence-corrected chi connectivity index (χ2v) is 8.09. The van der Waals surface area contributed by atoms with Gasteiger partial charge in [0.05, 0.1) is 6.54 Å². The molecule has 0 radical (unpaired) electrons. The molecule has 4 rings (SSSR count). The van der Waals surface area contributed by atoms with Gasteiger partial charge in [0.15, 0.2) is 0 Å². The lowest BCUT2D eigenvalue weighted by Crippen LogP contribution is -2.50. The number of carbonyl (C=O) groups is 1. The fraction of sp³-hybridized carbons (Fsp3) is 0.600. The van der Waals surface area contributed by atoms with Crippen molar-refractivity contribution in [3.05, 3.63) is 36.4 Å². The van der Waals surface area contributed by atoms with Crippen LogP contribution in [-0.4, -0.2) is 57.2 Å². The van der Waals surface area contributed by atoms with Crippen molar-refractivity contribution in [2.45, 2.75) is 45.1 Å². The number of halogens is 1. The van der Waals surface area contributed by atoms with Gasteiger partial charge in [0.1, 0.15) is 12.1 Å². The molecule has 7 nitrogen and oxygen atoms in total. The van der Waals surface area contributed by atoms with Crippen LogP contribution in [0.25, 0.3) is 0 Å². The minimum absolute atomic E-state index is 0.0429. The third-order valence-corrected chi connectivity index (χ3v) is 6.15. The van der Waals surface area contributed by atoms with Crippen molar-refractivity contribution in [3.8, 4) is 0 Å². The Labute approximate surface area is 164 Å². The van der Waals surface area contributed by atoms with Gasteiger partial charge in [-0.05, 0) is 52.9 Å². The summed E-state index contributed by atoms with van der Waals surface area (Å²) in [5, 5.41) is 11.5. The lowest BCUT2D eigenvalue weighted by Gasteiger charge is -2.40. The van der Waals surface area contributed by atoms with E-state index in [0.29, 0.717) is 26.1 Å². The van der Waals surface area contributed by atoms with Gasteiger partial charge in [0, 0.05) is 38.3 Å². The van der Waals surface area contributed by atoms with Crippen molar-refractivity contribution in [2.75, 3.05) is 31.1 Å². The molecule has 2 aromatic rings. The monoisotopic (exact) mass is 386 g/mol. The van der Waals surface area contributed by atoms with Crippen molar-refractivity contribution in [3.63, 3.8) is 0 Å². The Bertz CT molecular complexity index is 765. The predicted molar refractivity (Wildman–Crippen MR) is 103 cm³/mol. The highest BCUT2D eigenvalue weighted by atomic mass is 19.1. The number of hydrogen-bond donors (Lipinski definition) is 0. The summed E-state index contributed by atoms with van der Waals surface area (Å²) in [6.45, 7) is 3.67. The van der Waals surface area contributed by atoms with Gasteiger partial charge in [-0.25, -0.2) is 9.07 Å². The number of amides is 1. The maximum atomic E-state index is 13.1. The molecule has 0 atom stereocenters. The van der Waals surface area contributed by atoms with E-state index in [4.69, 9.17) is 0 Å². The van der Waals surface area contributed by atoms with E-state index in [0.717, 1.165) is 44.5 Å². The molecule has 1 aliphatic carbocycles. The first-order valence-electron chi connectivity index (χ1n) is 10.1. The molecule has 8 heteroatoms. The van der Waals surface area contributed by atoms with Crippen molar-refractivity contribution in [2.24, 2.45) is 5.41 Å². The van der Waals surface area contributed by atoms with E-state index < -0.39 is 0 Å². The Morgan fingerprint density at radius 2 is 1.75 bits per heavy atom. The summed E-state index contributed by atoms with van der Waals surface area (Å²) in [5.41, 5.74) is 0.967. The fourth-order valence-corrected chi connectivity index (χ4v) is 4.59. The Morgan fingerprint density at radius 1 is 1.04 bits per heavy atom. The summed E-state index contributed by atoms with van der Waals surface area (Å²) < 4.78 is 14.9. The van der Waals surface area contributed by atoms with Crippen LogP contribution in [0.2, 0.25) is 0 Å². The smallest absolute Gasteiger partial charge is 0.223 e. The highest BCUT2D eigenvalue weighted by Gasteiger charge is 2.37. The standard InChI is InChI=1S/C20H27FN6O/c21-17-4-6-18(7-5-17)25-10-12-26(13-11-25)19(28)14-20(8-2-1-3-9-20)15-27-16-22-23-24-27/h4-7,16H,1-3,8-15H2. The second kappa shape index (κ2) is 8.24. The van der Waals surface area contributed by atoms with Gasteiger partial charge < -0.3 is 9.80 Å². The van der Waals surface area contributed by atoms with E-state index in [9.17, 15) is 9.18 Å². The second-order valence-electron chi connectivity index (χ2n) is 8.09. The lowest BCUT2D eigenvalue weighted by atomic mass is 9.71. The van der Waals surface area contributed by atoms with Gasteiger partial charge in [0.25, 0.3) is 0 Å². The lowest BCUT2D eigenvalue weighted by molar-refractivity contribution is -0.135. The molecule has 28 heavy (non-hydrogen) atoms. The summed E-state index contributed by atoms with van der Waals surface area (Å²) in [6.07, 6.45) is 7.86. The van der Waals surface area contributed by atoms with Gasteiger partial charge in [-0.2, -0.15) is 0 Å². The number of piperazine rings is 1. The van der Waals surface area contributed by atoms with Crippen LogP contribution in [0.15, 0.2) is 30.6 Å². The number of nitrogens with zero attached hydrogens (tertiary/aromatic N) is 6. The van der Waals surface area contributed by atoms with Crippen molar-refractivity contribution >= 4 is 11.6 Å². The SMILES string of the molecule is O=C(CC1(Cn2cnnn2)CCCCC1)N1CCN(c2ccc(F)cc2)CC1. The molecular weight excluding hydrogens is 359 g/mol. The van der Waals surface area contributed by atoms with Crippen molar-refractivity contribution < 1.29 is 9.18 Å². The van der Waals surface area contributed by atoms with Gasteiger partial charge in [-0.3, -0.25) is 4.79 Å².